The number of hydrogen-bond donors (Lipinski definition) is 2. The van der Waals surface area contributed by atoms with E-state index < -0.39 is 0 Å². The summed E-state index contributed by atoms with van der Waals surface area (Å²) >= 11 is 0. The van der Waals surface area contributed by atoms with Crippen LogP contribution in [0.3, 0.4) is 0 Å². The highest BCUT2D eigenvalue weighted by atomic mass is 35.5. The van der Waals surface area contributed by atoms with Crippen molar-refractivity contribution in [1.82, 2.24) is 10.6 Å². The molecule has 0 spiro atoms. The Kier molecular flexibility index (Phi) is 5.99. The summed E-state index contributed by atoms with van der Waals surface area (Å²) in [6, 6.07) is 20.2. The van der Waals surface area contributed by atoms with Gasteiger partial charge < -0.3 is 10.6 Å². The second kappa shape index (κ2) is 7.97. The molecule has 3 nitrogen and oxygen atoms in total. The molecule has 1 heterocycles. The summed E-state index contributed by atoms with van der Waals surface area (Å²) in [6.45, 7) is 1.71. The van der Waals surface area contributed by atoms with Crippen molar-refractivity contribution in [2.24, 2.45) is 5.92 Å². The van der Waals surface area contributed by atoms with E-state index in [9.17, 15) is 4.79 Å². The maximum atomic E-state index is 12.5. The lowest BCUT2D eigenvalue weighted by Crippen LogP contribution is -2.35. The van der Waals surface area contributed by atoms with Crippen LogP contribution in [0.2, 0.25) is 0 Å². The van der Waals surface area contributed by atoms with Crippen LogP contribution in [0.15, 0.2) is 60.7 Å². The molecule has 1 saturated heterocycles. The van der Waals surface area contributed by atoms with Gasteiger partial charge in [-0.1, -0.05) is 60.7 Å². The standard InChI is InChI=1S/C18H20N2O.ClH/c21-18(16-11-12-19-13-16)20-17(14-7-3-1-4-8-14)15-9-5-2-6-10-15;/h1-10,16-17,19H,11-13H2,(H,20,21);1H. The molecule has 0 aliphatic carbocycles. The highest BCUT2D eigenvalue weighted by molar-refractivity contribution is 5.85. The second-order valence-corrected chi connectivity index (χ2v) is 5.45. The van der Waals surface area contributed by atoms with E-state index in [0.717, 1.165) is 30.6 Å². The molecule has 1 atom stereocenters. The monoisotopic (exact) mass is 316 g/mol. The third kappa shape index (κ3) is 3.87. The third-order valence-corrected chi connectivity index (χ3v) is 3.98. The molecule has 116 valence electrons. The molecule has 1 aliphatic heterocycles. The first-order valence-corrected chi connectivity index (χ1v) is 7.45. The van der Waals surface area contributed by atoms with Gasteiger partial charge in [0.25, 0.3) is 0 Å². The molecule has 0 bridgehead atoms. The Bertz CT molecular complexity index is 543. The molecule has 2 N–H and O–H groups in total. The van der Waals surface area contributed by atoms with Gasteiger partial charge in [-0.2, -0.15) is 0 Å². The van der Waals surface area contributed by atoms with Crippen molar-refractivity contribution in [3.05, 3.63) is 71.8 Å². The normalized spacial score (nSPS) is 17.0. The lowest BCUT2D eigenvalue weighted by atomic mass is 9.97. The summed E-state index contributed by atoms with van der Waals surface area (Å²) < 4.78 is 0. The van der Waals surface area contributed by atoms with Crippen molar-refractivity contribution < 1.29 is 4.79 Å². The Morgan fingerprint density at radius 3 is 2.00 bits per heavy atom. The molecule has 1 amide bonds. The summed E-state index contributed by atoms with van der Waals surface area (Å²) in [4.78, 5) is 12.5. The van der Waals surface area contributed by atoms with Crippen LogP contribution in [0.4, 0.5) is 0 Å². The van der Waals surface area contributed by atoms with Crippen LogP contribution in [-0.2, 0) is 4.79 Å². The van der Waals surface area contributed by atoms with Gasteiger partial charge in [0, 0.05) is 6.54 Å². The Labute approximate surface area is 137 Å². The molecule has 0 aromatic heterocycles. The predicted octanol–water partition coefficient (Wildman–Crippen LogP) is 2.92. The van der Waals surface area contributed by atoms with Crippen molar-refractivity contribution >= 4 is 18.3 Å². The summed E-state index contributed by atoms with van der Waals surface area (Å²) in [7, 11) is 0. The third-order valence-electron chi connectivity index (χ3n) is 3.98. The molecular formula is C18H21ClN2O. The van der Waals surface area contributed by atoms with Crippen molar-refractivity contribution in [1.29, 1.82) is 0 Å². The molecule has 4 heteroatoms. The first-order valence-electron chi connectivity index (χ1n) is 7.45. The lowest BCUT2D eigenvalue weighted by molar-refractivity contribution is -0.124. The first-order chi connectivity index (χ1) is 10.3. The van der Waals surface area contributed by atoms with Gasteiger partial charge in [-0.3, -0.25) is 4.79 Å². The van der Waals surface area contributed by atoms with Crippen LogP contribution in [0.1, 0.15) is 23.6 Å². The molecule has 2 aromatic rings. The number of halogens is 1. The Morgan fingerprint density at radius 1 is 1.00 bits per heavy atom. The number of hydrogen-bond acceptors (Lipinski definition) is 2. The van der Waals surface area contributed by atoms with E-state index in [4.69, 9.17) is 0 Å². The molecule has 1 fully saturated rings. The highest BCUT2D eigenvalue weighted by Crippen LogP contribution is 2.22. The van der Waals surface area contributed by atoms with Gasteiger partial charge in [-0.25, -0.2) is 0 Å². The van der Waals surface area contributed by atoms with Crippen molar-refractivity contribution in [2.45, 2.75) is 12.5 Å². The van der Waals surface area contributed by atoms with Gasteiger partial charge in [-0.15, -0.1) is 12.4 Å². The SMILES string of the molecule is Cl.O=C(NC(c1ccccc1)c1ccccc1)C1CCNC1. The Balaban J connectivity index is 0.00000176. The van der Waals surface area contributed by atoms with Gasteiger partial charge in [0.1, 0.15) is 0 Å². The summed E-state index contributed by atoms with van der Waals surface area (Å²) in [5, 5.41) is 6.46. The van der Waals surface area contributed by atoms with Gasteiger partial charge in [0.05, 0.1) is 12.0 Å². The molecular weight excluding hydrogens is 296 g/mol. The molecule has 0 saturated carbocycles. The number of rotatable bonds is 4. The van der Waals surface area contributed by atoms with E-state index in [0.29, 0.717) is 0 Å². The second-order valence-electron chi connectivity index (χ2n) is 5.45. The summed E-state index contributed by atoms with van der Waals surface area (Å²) in [6.07, 6.45) is 0.919. The zero-order valence-electron chi connectivity index (χ0n) is 12.4. The molecule has 1 unspecified atom stereocenters. The fourth-order valence-electron chi connectivity index (χ4n) is 2.79. The summed E-state index contributed by atoms with van der Waals surface area (Å²) in [5.41, 5.74) is 2.23. The van der Waals surface area contributed by atoms with Crippen LogP contribution >= 0.6 is 12.4 Å². The number of carbonyl (C=O) groups excluding carboxylic acids is 1. The number of carbonyl (C=O) groups is 1. The van der Waals surface area contributed by atoms with Crippen LogP contribution in [-0.4, -0.2) is 19.0 Å². The van der Waals surface area contributed by atoms with Gasteiger partial charge in [-0.05, 0) is 24.1 Å². The highest BCUT2D eigenvalue weighted by Gasteiger charge is 2.25. The molecule has 3 rings (SSSR count). The molecule has 0 radical (unpaired) electrons. The Hall–Kier alpha value is -1.84. The van der Waals surface area contributed by atoms with Crippen molar-refractivity contribution in [3.63, 3.8) is 0 Å². The minimum Gasteiger partial charge on any atom is -0.345 e. The van der Waals surface area contributed by atoms with Gasteiger partial charge >= 0.3 is 0 Å². The topological polar surface area (TPSA) is 41.1 Å². The molecule has 1 aliphatic rings. The zero-order valence-corrected chi connectivity index (χ0v) is 13.2. The fraction of sp³-hybridized carbons (Fsp3) is 0.278. The average Bonchev–Trinajstić information content (AvgIpc) is 3.09. The van der Waals surface area contributed by atoms with E-state index in [1.807, 2.05) is 36.4 Å². The smallest absolute Gasteiger partial charge is 0.225 e. The van der Waals surface area contributed by atoms with Crippen LogP contribution in [0, 0.1) is 5.92 Å². The van der Waals surface area contributed by atoms with Gasteiger partial charge in [0.15, 0.2) is 0 Å². The maximum absolute atomic E-state index is 12.5. The van der Waals surface area contributed by atoms with Crippen LogP contribution in [0.25, 0.3) is 0 Å². The maximum Gasteiger partial charge on any atom is 0.225 e. The van der Waals surface area contributed by atoms with Crippen molar-refractivity contribution in [2.75, 3.05) is 13.1 Å². The largest absolute Gasteiger partial charge is 0.345 e. The molecule has 22 heavy (non-hydrogen) atoms. The Morgan fingerprint density at radius 2 is 1.55 bits per heavy atom. The minimum absolute atomic E-state index is 0. The quantitative estimate of drug-likeness (QED) is 0.910. The summed E-state index contributed by atoms with van der Waals surface area (Å²) in [5.74, 6) is 0.220. The van der Waals surface area contributed by atoms with E-state index in [1.54, 1.807) is 0 Å². The lowest BCUT2D eigenvalue weighted by Gasteiger charge is -2.21. The van der Waals surface area contributed by atoms with E-state index in [2.05, 4.69) is 34.9 Å². The average molecular weight is 317 g/mol. The first kappa shape index (κ1) is 16.5. The number of benzene rings is 2. The molecule has 2 aromatic carbocycles. The number of amides is 1. The van der Waals surface area contributed by atoms with E-state index in [1.165, 1.54) is 0 Å². The van der Waals surface area contributed by atoms with E-state index >= 15 is 0 Å². The van der Waals surface area contributed by atoms with Gasteiger partial charge in [0.2, 0.25) is 5.91 Å². The zero-order chi connectivity index (χ0) is 14.5. The number of nitrogens with one attached hydrogen (secondary N) is 2. The predicted molar refractivity (Wildman–Crippen MR) is 91.1 cm³/mol. The van der Waals surface area contributed by atoms with Crippen LogP contribution in [0.5, 0.6) is 0 Å². The van der Waals surface area contributed by atoms with Crippen molar-refractivity contribution in [3.8, 4) is 0 Å². The van der Waals surface area contributed by atoms with E-state index in [-0.39, 0.29) is 30.3 Å². The minimum atomic E-state index is -0.0829. The van der Waals surface area contributed by atoms with Crippen LogP contribution < -0.4 is 10.6 Å². The fourth-order valence-corrected chi connectivity index (χ4v) is 2.79.